The largest absolute Gasteiger partial charge is 0.477 e. The Balaban J connectivity index is 3.06. The number of aromatic carboxylic acids is 1. The lowest BCUT2D eigenvalue weighted by Crippen LogP contribution is -2.08. The number of carboxylic acid groups (broad SMARTS) is 1. The van der Waals surface area contributed by atoms with E-state index < -0.39 is 5.97 Å². The Labute approximate surface area is 107 Å². The highest BCUT2D eigenvalue weighted by Crippen LogP contribution is 2.35. The van der Waals surface area contributed by atoms with E-state index >= 15 is 0 Å². The van der Waals surface area contributed by atoms with E-state index in [1.807, 2.05) is 45.4 Å². The monoisotopic (exact) mass is 245 g/mol. The van der Waals surface area contributed by atoms with Crippen molar-refractivity contribution < 1.29 is 9.90 Å². The summed E-state index contributed by atoms with van der Waals surface area (Å²) in [6, 6.07) is 4.11. The van der Waals surface area contributed by atoms with Crippen molar-refractivity contribution in [3.63, 3.8) is 0 Å². The first kappa shape index (κ1) is 12.7. The second kappa shape index (κ2) is 4.16. The molecule has 0 amide bonds. The van der Waals surface area contributed by atoms with Crippen LogP contribution in [0, 0.1) is 13.8 Å². The number of hydrogen-bond acceptors (Lipinski definition) is 1. The average molecular weight is 245 g/mol. The van der Waals surface area contributed by atoms with Crippen LogP contribution in [0.5, 0.6) is 0 Å². The van der Waals surface area contributed by atoms with Gasteiger partial charge in [0.2, 0.25) is 0 Å². The maximum absolute atomic E-state index is 11.5. The normalized spacial score (nSPS) is 11.4. The third-order valence-corrected chi connectivity index (χ3v) is 3.56. The van der Waals surface area contributed by atoms with Gasteiger partial charge in [0.1, 0.15) is 5.69 Å². The summed E-state index contributed by atoms with van der Waals surface area (Å²) >= 11 is 0. The molecule has 0 bridgehead atoms. The zero-order chi connectivity index (χ0) is 13.6. The minimum absolute atomic E-state index is 0.195. The minimum atomic E-state index is -0.851. The van der Waals surface area contributed by atoms with Gasteiger partial charge in [-0.25, -0.2) is 4.79 Å². The van der Waals surface area contributed by atoms with Gasteiger partial charge in [-0.2, -0.15) is 0 Å². The molecule has 3 nitrogen and oxygen atoms in total. The fraction of sp³-hybridized carbons (Fsp3) is 0.400. The number of hydrogen-bond donors (Lipinski definition) is 1. The third kappa shape index (κ3) is 1.62. The van der Waals surface area contributed by atoms with E-state index in [1.54, 1.807) is 0 Å². The average Bonchev–Trinajstić information content (AvgIpc) is 2.59. The topological polar surface area (TPSA) is 42.2 Å². The SMILES string of the molecule is Cc1ccc(C)c2c1c(C(C)C)c(C(=O)O)n2C. The number of fused-ring (bicyclic) bond motifs is 1. The Kier molecular flexibility index (Phi) is 2.93. The smallest absolute Gasteiger partial charge is 0.352 e. The van der Waals surface area contributed by atoms with E-state index in [4.69, 9.17) is 0 Å². The van der Waals surface area contributed by atoms with Gasteiger partial charge in [-0.1, -0.05) is 26.0 Å². The summed E-state index contributed by atoms with van der Waals surface area (Å²) in [5.41, 5.74) is 4.66. The van der Waals surface area contributed by atoms with Crippen molar-refractivity contribution in [1.82, 2.24) is 4.57 Å². The highest BCUT2D eigenvalue weighted by molar-refractivity contribution is 6.01. The Morgan fingerprint density at radius 3 is 2.28 bits per heavy atom. The van der Waals surface area contributed by atoms with Crippen LogP contribution in [0.4, 0.5) is 0 Å². The van der Waals surface area contributed by atoms with Gasteiger partial charge < -0.3 is 9.67 Å². The number of nitrogens with zero attached hydrogens (tertiary/aromatic N) is 1. The zero-order valence-corrected chi connectivity index (χ0v) is 11.5. The van der Waals surface area contributed by atoms with Crippen LogP contribution >= 0.6 is 0 Å². The standard InChI is InChI=1S/C15H19NO2/c1-8(2)11-12-9(3)6-7-10(4)13(12)16(5)14(11)15(17)18/h6-8H,1-5H3,(H,17,18). The number of carbonyl (C=O) groups is 1. The van der Waals surface area contributed by atoms with E-state index in [0.29, 0.717) is 5.69 Å². The number of benzene rings is 1. The highest BCUT2D eigenvalue weighted by Gasteiger charge is 2.24. The molecule has 1 aromatic carbocycles. The minimum Gasteiger partial charge on any atom is -0.477 e. The van der Waals surface area contributed by atoms with Crippen molar-refractivity contribution >= 4 is 16.9 Å². The Hall–Kier alpha value is -1.77. The molecule has 0 saturated heterocycles. The van der Waals surface area contributed by atoms with Gasteiger partial charge in [0.05, 0.1) is 5.52 Å². The molecule has 18 heavy (non-hydrogen) atoms. The highest BCUT2D eigenvalue weighted by atomic mass is 16.4. The Morgan fingerprint density at radius 2 is 1.78 bits per heavy atom. The van der Waals surface area contributed by atoms with Crippen molar-refractivity contribution in [3.8, 4) is 0 Å². The van der Waals surface area contributed by atoms with Gasteiger partial charge in [0.25, 0.3) is 0 Å². The number of rotatable bonds is 2. The molecule has 0 aliphatic heterocycles. The Morgan fingerprint density at radius 1 is 1.22 bits per heavy atom. The lowest BCUT2D eigenvalue weighted by atomic mass is 9.95. The van der Waals surface area contributed by atoms with E-state index in [-0.39, 0.29) is 5.92 Å². The molecule has 1 N–H and O–H groups in total. The van der Waals surface area contributed by atoms with E-state index in [9.17, 15) is 9.90 Å². The van der Waals surface area contributed by atoms with Crippen LogP contribution in [0.25, 0.3) is 10.9 Å². The molecule has 0 aliphatic rings. The van der Waals surface area contributed by atoms with Gasteiger partial charge >= 0.3 is 5.97 Å². The van der Waals surface area contributed by atoms with Crippen LogP contribution in [-0.4, -0.2) is 15.6 Å². The van der Waals surface area contributed by atoms with Gasteiger partial charge in [-0.05, 0) is 36.5 Å². The van der Waals surface area contributed by atoms with Crippen LogP contribution in [0.15, 0.2) is 12.1 Å². The van der Waals surface area contributed by atoms with E-state index in [2.05, 4.69) is 6.07 Å². The molecule has 0 spiro atoms. The van der Waals surface area contributed by atoms with Crippen LogP contribution in [0.2, 0.25) is 0 Å². The summed E-state index contributed by atoms with van der Waals surface area (Å²) in [6.45, 7) is 8.16. The lowest BCUT2D eigenvalue weighted by molar-refractivity contribution is 0.0685. The summed E-state index contributed by atoms with van der Waals surface area (Å²) in [4.78, 5) is 11.5. The quantitative estimate of drug-likeness (QED) is 0.878. The van der Waals surface area contributed by atoms with Gasteiger partial charge in [0, 0.05) is 12.4 Å². The van der Waals surface area contributed by atoms with E-state index in [1.165, 1.54) is 0 Å². The maximum atomic E-state index is 11.5. The first-order chi connectivity index (χ1) is 8.36. The third-order valence-electron chi connectivity index (χ3n) is 3.56. The molecule has 2 rings (SSSR count). The second-order valence-corrected chi connectivity index (χ2v) is 5.20. The summed E-state index contributed by atoms with van der Waals surface area (Å²) in [5.74, 6) is -0.656. The second-order valence-electron chi connectivity index (χ2n) is 5.20. The van der Waals surface area contributed by atoms with Crippen molar-refractivity contribution in [3.05, 3.63) is 34.5 Å². The predicted octanol–water partition coefficient (Wildman–Crippen LogP) is 3.62. The molecule has 0 unspecified atom stereocenters. The van der Waals surface area contributed by atoms with Gasteiger partial charge in [0.15, 0.2) is 0 Å². The van der Waals surface area contributed by atoms with Crippen LogP contribution in [0.1, 0.15) is 46.9 Å². The fourth-order valence-corrected chi connectivity index (χ4v) is 2.80. The molecule has 0 aliphatic carbocycles. The van der Waals surface area contributed by atoms with Crippen LogP contribution in [0.3, 0.4) is 0 Å². The molecule has 0 fully saturated rings. The first-order valence-electron chi connectivity index (χ1n) is 6.18. The van der Waals surface area contributed by atoms with Crippen LogP contribution < -0.4 is 0 Å². The van der Waals surface area contributed by atoms with Crippen molar-refractivity contribution in [2.24, 2.45) is 7.05 Å². The summed E-state index contributed by atoms with van der Waals surface area (Å²) in [7, 11) is 1.84. The summed E-state index contributed by atoms with van der Waals surface area (Å²) < 4.78 is 1.81. The van der Waals surface area contributed by atoms with Gasteiger partial charge in [-0.3, -0.25) is 0 Å². The molecule has 1 aromatic heterocycles. The van der Waals surface area contributed by atoms with Crippen LogP contribution in [-0.2, 0) is 7.05 Å². The molecule has 2 aromatic rings. The van der Waals surface area contributed by atoms with Crippen molar-refractivity contribution in [2.75, 3.05) is 0 Å². The van der Waals surface area contributed by atoms with Crippen molar-refractivity contribution in [2.45, 2.75) is 33.6 Å². The predicted molar refractivity (Wildman–Crippen MR) is 73.4 cm³/mol. The number of aryl methyl sites for hydroxylation is 3. The first-order valence-corrected chi connectivity index (χ1v) is 6.18. The molecule has 0 saturated carbocycles. The molecule has 96 valence electrons. The molecular formula is C15H19NO2. The number of aromatic nitrogens is 1. The summed E-state index contributed by atoms with van der Waals surface area (Å²) in [6.07, 6.45) is 0. The summed E-state index contributed by atoms with van der Waals surface area (Å²) in [5, 5.41) is 10.6. The fourth-order valence-electron chi connectivity index (χ4n) is 2.80. The molecule has 0 atom stereocenters. The maximum Gasteiger partial charge on any atom is 0.352 e. The van der Waals surface area contributed by atoms with Crippen molar-refractivity contribution in [1.29, 1.82) is 0 Å². The van der Waals surface area contributed by atoms with Gasteiger partial charge in [-0.15, -0.1) is 0 Å². The zero-order valence-electron chi connectivity index (χ0n) is 11.5. The molecular weight excluding hydrogens is 226 g/mol. The molecule has 1 heterocycles. The molecule has 0 radical (unpaired) electrons. The molecule has 3 heteroatoms. The number of carboxylic acids is 1. The lowest BCUT2D eigenvalue weighted by Gasteiger charge is -2.07. The Bertz CT molecular complexity index is 636. The van der Waals surface area contributed by atoms with E-state index in [0.717, 1.165) is 27.6 Å².